The van der Waals surface area contributed by atoms with Crippen molar-refractivity contribution < 1.29 is 24.5 Å². The Bertz CT molecular complexity index is 500. The lowest BCUT2D eigenvalue weighted by Crippen LogP contribution is -2.80. The van der Waals surface area contributed by atoms with Crippen LogP contribution in [0.4, 0.5) is 0 Å². The fourth-order valence-electron chi connectivity index (χ4n) is 4.41. The van der Waals surface area contributed by atoms with Crippen molar-refractivity contribution in [2.45, 2.75) is 62.4 Å². The van der Waals surface area contributed by atoms with Crippen molar-refractivity contribution in [3.8, 4) is 0 Å². The molecule has 0 spiro atoms. The van der Waals surface area contributed by atoms with E-state index in [0.29, 0.717) is 19.3 Å². The average molecular weight is 332 g/mol. The zero-order valence-electron chi connectivity index (χ0n) is 12.5. The number of alkyl halides is 1. The van der Waals surface area contributed by atoms with Gasteiger partial charge in [0.2, 0.25) is 11.4 Å². The molecule has 3 aliphatic rings. The number of fused-ring (bicyclic) bond motifs is 1. The van der Waals surface area contributed by atoms with Crippen molar-refractivity contribution in [1.29, 1.82) is 0 Å². The molecule has 3 fully saturated rings. The lowest BCUT2D eigenvalue weighted by atomic mass is 9.63. The summed E-state index contributed by atoms with van der Waals surface area (Å²) in [4.78, 5) is 24.5. The highest BCUT2D eigenvalue weighted by atomic mass is 35.5. The van der Waals surface area contributed by atoms with Gasteiger partial charge in [0.15, 0.2) is 5.60 Å². The predicted molar refractivity (Wildman–Crippen MR) is 78.2 cm³/mol. The Kier molecular flexibility index (Phi) is 3.90. The minimum Gasteiger partial charge on any atom is -0.453 e. The summed E-state index contributed by atoms with van der Waals surface area (Å²) in [7, 11) is 0. The molecule has 6 nitrogen and oxygen atoms in total. The van der Waals surface area contributed by atoms with Crippen LogP contribution in [-0.4, -0.2) is 51.3 Å². The van der Waals surface area contributed by atoms with Crippen LogP contribution < -0.4 is 5.32 Å². The molecule has 0 bridgehead atoms. The lowest BCUT2D eigenvalue weighted by molar-refractivity contribution is -0.240. The number of nitrogens with one attached hydrogen (secondary N) is 1. The molecule has 1 aliphatic carbocycles. The van der Waals surface area contributed by atoms with Gasteiger partial charge in [-0.05, 0) is 38.5 Å². The second kappa shape index (κ2) is 5.35. The van der Waals surface area contributed by atoms with E-state index in [1.165, 1.54) is 0 Å². The molecule has 3 N–H and O–H groups in total. The van der Waals surface area contributed by atoms with Crippen LogP contribution in [0.25, 0.3) is 0 Å². The molecule has 2 saturated heterocycles. The fraction of sp³-hybridized carbons (Fsp3) is 0.867. The number of halogens is 1. The van der Waals surface area contributed by atoms with Gasteiger partial charge in [-0.15, -0.1) is 11.6 Å². The monoisotopic (exact) mass is 331 g/mol. The highest BCUT2D eigenvalue weighted by Crippen LogP contribution is 2.53. The molecule has 1 saturated carbocycles. The molecule has 0 radical (unpaired) electrons. The second-order valence-electron chi connectivity index (χ2n) is 6.85. The van der Waals surface area contributed by atoms with Crippen LogP contribution in [-0.2, 0) is 14.3 Å². The highest BCUT2D eigenvalue weighted by molar-refractivity contribution is 6.18. The number of rotatable bonds is 4. The van der Waals surface area contributed by atoms with Gasteiger partial charge in [0.1, 0.15) is 0 Å². The van der Waals surface area contributed by atoms with Gasteiger partial charge in [0, 0.05) is 5.88 Å². The van der Waals surface area contributed by atoms with E-state index in [-0.39, 0.29) is 17.7 Å². The van der Waals surface area contributed by atoms with Gasteiger partial charge in [-0.1, -0.05) is 6.42 Å². The maximum Gasteiger partial charge on any atom is 0.339 e. The van der Waals surface area contributed by atoms with Gasteiger partial charge in [-0.3, -0.25) is 4.79 Å². The van der Waals surface area contributed by atoms with E-state index in [0.717, 1.165) is 12.8 Å². The van der Waals surface area contributed by atoms with Gasteiger partial charge in [0.05, 0.1) is 18.1 Å². The maximum absolute atomic E-state index is 12.3. The summed E-state index contributed by atoms with van der Waals surface area (Å²) in [6.07, 6.45) is 1.52. The molecule has 2 heterocycles. The summed E-state index contributed by atoms with van der Waals surface area (Å²) < 4.78 is 5.32. The van der Waals surface area contributed by atoms with Crippen molar-refractivity contribution in [3.05, 3.63) is 0 Å². The first-order valence-electron chi connectivity index (χ1n) is 7.84. The SMILES string of the molecule is C[C@@]12OC(=O)[C@]1([C@@H](O)[C@H]1CCC[C@@H](O)C1)NC(=O)[C@@H]2CCCl. The molecule has 3 rings (SSSR count). The first-order chi connectivity index (χ1) is 10.4. The number of aliphatic hydroxyl groups excluding tert-OH is 2. The van der Waals surface area contributed by atoms with Crippen LogP contribution in [0.1, 0.15) is 39.0 Å². The van der Waals surface area contributed by atoms with Crippen molar-refractivity contribution in [2.75, 3.05) is 5.88 Å². The summed E-state index contributed by atoms with van der Waals surface area (Å²) in [5.74, 6) is -1.39. The van der Waals surface area contributed by atoms with Gasteiger partial charge >= 0.3 is 5.97 Å². The smallest absolute Gasteiger partial charge is 0.339 e. The number of ether oxygens (including phenoxy) is 1. The molecule has 0 unspecified atom stereocenters. The van der Waals surface area contributed by atoms with Gasteiger partial charge in [-0.25, -0.2) is 4.79 Å². The lowest BCUT2D eigenvalue weighted by Gasteiger charge is -2.55. The quantitative estimate of drug-likeness (QED) is 0.509. The Balaban J connectivity index is 1.89. The molecule has 124 valence electrons. The fourth-order valence-corrected chi connectivity index (χ4v) is 4.63. The number of aliphatic hydroxyl groups is 2. The third kappa shape index (κ3) is 1.93. The third-order valence-corrected chi connectivity index (χ3v) is 5.90. The number of carbonyl (C=O) groups excluding carboxylic acids is 2. The topological polar surface area (TPSA) is 95.9 Å². The van der Waals surface area contributed by atoms with Crippen molar-refractivity contribution >= 4 is 23.5 Å². The molecule has 0 aromatic carbocycles. The zero-order valence-corrected chi connectivity index (χ0v) is 13.3. The van der Waals surface area contributed by atoms with Gasteiger partial charge in [-0.2, -0.15) is 0 Å². The molecule has 2 aliphatic heterocycles. The minimum atomic E-state index is -1.40. The summed E-state index contributed by atoms with van der Waals surface area (Å²) in [6, 6.07) is 0. The highest BCUT2D eigenvalue weighted by Gasteiger charge is 2.79. The van der Waals surface area contributed by atoms with E-state index >= 15 is 0 Å². The van der Waals surface area contributed by atoms with E-state index in [1.54, 1.807) is 6.92 Å². The number of hydrogen-bond acceptors (Lipinski definition) is 5. The Morgan fingerprint density at radius 3 is 2.77 bits per heavy atom. The Labute approximate surface area is 134 Å². The summed E-state index contributed by atoms with van der Waals surface area (Å²) >= 11 is 5.76. The van der Waals surface area contributed by atoms with Crippen molar-refractivity contribution in [2.24, 2.45) is 11.8 Å². The largest absolute Gasteiger partial charge is 0.453 e. The van der Waals surface area contributed by atoms with E-state index < -0.39 is 35.2 Å². The van der Waals surface area contributed by atoms with Crippen LogP contribution in [0.5, 0.6) is 0 Å². The first-order valence-corrected chi connectivity index (χ1v) is 8.38. The summed E-state index contributed by atoms with van der Waals surface area (Å²) in [5.41, 5.74) is -2.47. The standard InChI is InChI=1S/C15H22ClNO5/c1-14-10(5-6-16)12(20)17-15(14,13(21)22-14)11(19)8-3-2-4-9(18)7-8/h8-11,18-19H,2-7H2,1H3,(H,17,20)/t8-,9+,10-,11-,14-,15-/m0/s1. The van der Waals surface area contributed by atoms with Crippen LogP contribution in [0.3, 0.4) is 0 Å². The number of hydrogen-bond donors (Lipinski definition) is 3. The maximum atomic E-state index is 12.3. The van der Waals surface area contributed by atoms with Gasteiger partial charge < -0.3 is 20.3 Å². The van der Waals surface area contributed by atoms with E-state index in [9.17, 15) is 19.8 Å². The average Bonchev–Trinajstić information content (AvgIpc) is 2.65. The third-order valence-electron chi connectivity index (χ3n) is 5.69. The van der Waals surface area contributed by atoms with Crippen molar-refractivity contribution in [1.82, 2.24) is 5.32 Å². The van der Waals surface area contributed by atoms with Crippen molar-refractivity contribution in [3.63, 3.8) is 0 Å². The van der Waals surface area contributed by atoms with Gasteiger partial charge in [0.25, 0.3) is 0 Å². The number of carbonyl (C=O) groups is 2. The Hall–Kier alpha value is -0.850. The summed E-state index contributed by atoms with van der Waals surface area (Å²) in [5, 5.41) is 23.4. The molecular weight excluding hydrogens is 310 g/mol. The zero-order chi connectivity index (χ0) is 16.1. The summed E-state index contributed by atoms with van der Waals surface area (Å²) in [6.45, 7) is 1.69. The van der Waals surface area contributed by atoms with Crippen LogP contribution in [0, 0.1) is 11.8 Å². The first kappa shape index (κ1) is 16.0. The van der Waals surface area contributed by atoms with E-state index in [4.69, 9.17) is 16.3 Å². The molecule has 0 aromatic heterocycles. The van der Waals surface area contributed by atoms with Crippen LogP contribution >= 0.6 is 11.6 Å². The normalized spacial score (nSPS) is 45.5. The second-order valence-corrected chi connectivity index (χ2v) is 7.23. The number of amides is 1. The molecule has 22 heavy (non-hydrogen) atoms. The number of esters is 1. The van der Waals surface area contributed by atoms with Crippen LogP contribution in [0.2, 0.25) is 0 Å². The Morgan fingerprint density at radius 2 is 2.18 bits per heavy atom. The predicted octanol–water partition coefficient (Wildman–Crippen LogP) is 0.328. The van der Waals surface area contributed by atoms with E-state index in [2.05, 4.69) is 5.32 Å². The van der Waals surface area contributed by atoms with Crippen LogP contribution in [0.15, 0.2) is 0 Å². The Morgan fingerprint density at radius 1 is 1.45 bits per heavy atom. The molecule has 6 atom stereocenters. The molecule has 0 aromatic rings. The molecule has 1 amide bonds. The molecular formula is C15H22ClNO5. The van der Waals surface area contributed by atoms with E-state index in [1.807, 2.05) is 0 Å². The minimum absolute atomic E-state index is 0.231. The molecule has 7 heteroatoms.